The van der Waals surface area contributed by atoms with Gasteiger partial charge in [0, 0.05) is 34.8 Å². The van der Waals surface area contributed by atoms with Gasteiger partial charge >= 0.3 is 0 Å². The molecule has 2 aromatic carbocycles. The first-order valence-electron chi connectivity index (χ1n) is 9.43. The molecule has 3 aromatic heterocycles. The Hall–Kier alpha value is -4.17. The van der Waals surface area contributed by atoms with Gasteiger partial charge in [0.05, 0.1) is 29.0 Å². The zero-order chi connectivity index (χ0) is 20.7. The fraction of sp³-hybridized carbons (Fsp3) is 0.0455. The van der Waals surface area contributed by atoms with Crippen LogP contribution < -0.4 is 16.8 Å². The second kappa shape index (κ2) is 7.02. The fourth-order valence-corrected chi connectivity index (χ4v) is 3.59. The van der Waals surface area contributed by atoms with Crippen molar-refractivity contribution < 1.29 is 4.79 Å². The van der Waals surface area contributed by atoms with Crippen LogP contribution >= 0.6 is 0 Å². The molecule has 0 saturated heterocycles. The van der Waals surface area contributed by atoms with Gasteiger partial charge in [-0.25, -0.2) is 4.98 Å². The molecule has 8 nitrogen and oxygen atoms in total. The fourth-order valence-electron chi connectivity index (χ4n) is 3.59. The highest BCUT2D eigenvalue weighted by Gasteiger charge is 2.16. The van der Waals surface area contributed by atoms with Gasteiger partial charge in [0.2, 0.25) is 0 Å². The lowest BCUT2D eigenvalue weighted by atomic mass is 9.99. The minimum atomic E-state index is -0.229. The topological polar surface area (TPSA) is 138 Å². The van der Waals surface area contributed by atoms with Crippen LogP contribution in [0.25, 0.3) is 32.9 Å². The highest BCUT2D eigenvalue weighted by molar-refractivity contribution is 6.13. The molecule has 1 amide bonds. The number of aromatic nitrogens is 4. The van der Waals surface area contributed by atoms with Crippen molar-refractivity contribution in [2.75, 3.05) is 11.1 Å². The molecule has 0 unspecified atom stereocenters. The SMILES string of the molecule is NCc1ccc(NC(=O)c2cc(-c3c[nH]c4cnc(N)cc34)cc3cn[nH]c23)cc1. The number of aromatic amines is 2. The van der Waals surface area contributed by atoms with Gasteiger partial charge in [-0.05, 0) is 41.5 Å². The van der Waals surface area contributed by atoms with Crippen molar-refractivity contribution in [1.29, 1.82) is 0 Å². The van der Waals surface area contributed by atoms with Gasteiger partial charge < -0.3 is 21.8 Å². The molecular formula is C22H19N7O. The molecule has 0 fully saturated rings. The lowest BCUT2D eigenvalue weighted by molar-refractivity contribution is 0.102. The summed E-state index contributed by atoms with van der Waals surface area (Å²) in [6.45, 7) is 0.454. The van der Waals surface area contributed by atoms with Crippen LogP contribution in [0.4, 0.5) is 11.5 Å². The number of hydrogen-bond acceptors (Lipinski definition) is 5. The number of rotatable bonds is 4. The molecule has 5 rings (SSSR count). The Bertz CT molecular complexity index is 1380. The number of amides is 1. The molecule has 0 aliphatic heterocycles. The number of pyridine rings is 1. The maximum Gasteiger partial charge on any atom is 0.257 e. The minimum Gasteiger partial charge on any atom is -0.384 e. The molecule has 148 valence electrons. The molecule has 0 bridgehead atoms. The number of hydrogen-bond donors (Lipinski definition) is 5. The van der Waals surface area contributed by atoms with Gasteiger partial charge in [-0.1, -0.05) is 12.1 Å². The Labute approximate surface area is 171 Å². The second-order valence-electron chi connectivity index (χ2n) is 7.07. The summed E-state index contributed by atoms with van der Waals surface area (Å²) in [6, 6.07) is 13.1. The molecule has 3 heterocycles. The number of fused-ring (bicyclic) bond motifs is 2. The standard InChI is InChI=1S/C22H19N7O/c23-8-12-1-3-15(4-2-12)28-22(30)17-6-13(5-14-9-27-29-21(14)17)18-10-25-19-11-26-20(24)7-16(18)19/h1-7,9-11,25H,8,23H2,(H2,24,26)(H,27,29)(H,28,30). The quantitative estimate of drug-likeness (QED) is 0.316. The van der Waals surface area contributed by atoms with E-state index in [1.165, 1.54) is 0 Å². The Kier molecular flexibility index (Phi) is 4.19. The molecule has 30 heavy (non-hydrogen) atoms. The highest BCUT2D eigenvalue weighted by atomic mass is 16.1. The number of nitrogens with two attached hydrogens (primary N) is 2. The van der Waals surface area contributed by atoms with Gasteiger partial charge in [0.15, 0.2) is 0 Å². The van der Waals surface area contributed by atoms with E-state index in [0.717, 1.165) is 33.0 Å². The number of nitrogens with one attached hydrogen (secondary N) is 3. The van der Waals surface area contributed by atoms with Crippen LogP contribution in [0.2, 0.25) is 0 Å². The normalized spacial score (nSPS) is 11.2. The maximum atomic E-state index is 13.1. The third kappa shape index (κ3) is 3.05. The summed E-state index contributed by atoms with van der Waals surface area (Å²) in [7, 11) is 0. The molecule has 8 heteroatoms. The van der Waals surface area contributed by atoms with E-state index in [2.05, 4.69) is 25.5 Å². The highest BCUT2D eigenvalue weighted by Crippen LogP contribution is 2.32. The van der Waals surface area contributed by atoms with Crippen molar-refractivity contribution in [3.05, 3.63) is 72.2 Å². The Morgan fingerprint density at radius 1 is 1.10 bits per heavy atom. The number of carbonyl (C=O) groups excluding carboxylic acids is 1. The molecule has 7 N–H and O–H groups in total. The third-order valence-electron chi connectivity index (χ3n) is 5.14. The second-order valence-corrected chi connectivity index (χ2v) is 7.07. The third-order valence-corrected chi connectivity index (χ3v) is 5.14. The van der Waals surface area contributed by atoms with E-state index in [0.29, 0.717) is 29.1 Å². The van der Waals surface area contributed by atoms with E-state index in [4.69, 9.17) is 11.5 Å². The van der Waals surface area contributed by atoms with Crippen LogP contribution in [0, 0.1) is 0 Å². The number of nitrogens with zero attached hydrogens (tertiary/aromatic N) is 2. The van der Waals surface area contributed by atoms with E-state index in [1.54, 1.807) is 12.4 Å². The van der Waals surface area contributed by atoms with Crippen LogP contribution in [0.5, 0.6) is 0 Å². The lowest BCUT2D eigenvalue weighted by Crippen LogP contribution is -2.13. The van der Waals surface area contributed by atoms with Crippen LogP contribution in [-0.2, 0) is 6.54 Å². The first-order valence-corrected chi connectivity index (χ1v) is 9.43. The predicted molar refractivity (Wildman–Crippen MR) is 118 cm³/mol. The van der Waals surface area contributed by atoms with Gasteiger partial charge in [-0.15, -0.1) is 0 Å². The molecular weight excluding hydrogens is 378 g/mol. The van der Waals surface area contributed by atoms with Crippen LogP contribution in [0.1, 0.15) is 15.9 Å². The van der Waals surface area contributed by atoms with E-state index >= 15 is 0 Å². The van der Waals surface area contributed by atoms with Crippen LogP contribution in [-0.4, -0.2) is 26.1 Å². The number of benzene rings is 2. The van der Waals surface area contributed by atoms with Gasteiger partial charge in [-0.3, -0.25) is 9.89 Å². The summed E-state index contributed by atoms with van der Waals surface area (Å²) in [5.74, 6) is 0.208. The summed E-state index contributed by atoms with van der Waals surface area (Å²) in [6.07, 6.45) is 5.29. The molecule has 0 spiro atoms. The van der Waals surface area contributed by atoms with Crippen molar-refractivity contribution in [3.8, 4) is 11.1 Å². The average molecular weight is 397 g/mol. The van der Waals surface area contributed by atoms with Crippen molar-refractivity contribution in [3.63, 3.8) is 0 Å². The molecule has 0 aliphatic carbocycles. The van der Waals surface area contributed by atoms with E-state index < -0.39 is 0 Å². The minimum absolute atomic E-state index is 0.229. The summed E-state index contributed by atoms with van der Waals surface area (Å²) in [4.78, 5) is 20.4. The van der Waals surface area contributed by atoms with Gasteiger partial charge in [-0.2, -0.15) is 5.10 Å². The molecule has 0 radical (unpaired) electrons. The monoisotopic (exact) mass is 397 g/mol. The molecule has 0 aliphatic rings. The Morgan fingerprint density at radius 2 is 1.93 bits per heavy atom. The molecule has 0 saturated carbocycles. The van der Waals surface area contributed by atoms with Gasteiger partial charge in [0.25, 0.3) is 5.91 Å². The number of nitrogen functional groups attached to an aromatic ring is 1. The van der Waals surface area contributed by atoms with Gasteiger partial charge in [0.1, 0.15) is 5.82 Å². The largest absolute Gasteiger partial charge is 0.384 e. The Morgan fingerprint density at radius 3 is 2.73 bits per heavy atom. The average Bonchev–Trinajstić information content (AvgIpc) is 3.40. The smallest absolute Gasteiger partial charge is 0.257 e. The zero-order valence-corrected chi connectivity index (χ0v) is 15.9. The van der Waals surface area contributed by atoms with Crippen LogP contribution in [0.3, 0.4) is 0 Å². The molecule has 5 aromatic rings. The summed E-state index contributed by atoms with van der Waals surface area (Å²) in [5, 5.41) is 11.8. The molecule has 0 atom stereocenters. The van der Waals surface area contributed by atoms with E-state index in [-0.39, 0.29) is 5.91 Å². The van der Waals surface area contributed by atoms with Crippen LogP contribution in [0.15, 0.2) is 61.1 Å². The summed E-state index contributed by atoms with van der Waals surface area (Å²) < 4.78 is 0. The first-order chi connectivity index (χ1) is 14.6. The van der Waals surface area contributed by atoms with Crippen molar-refractivity contribution in [2.45, 2.75) is 6.54 Å². The number of anilines is 2. The first kappa shape index (κ1) is 17.9. The van der Waals surface area contributed by atoms with E-state index in [1.807, 2.05) is 48.7 Å². The van der Waals surface area contributed by atoms with Crippen molar-refractivity contribution >= 4 is 39.2 Å². The zero-order valence-electron chi connectivity index (χ0n) is 15.9. The number of carbonyl (C=O) groups is 1. The van der Waals surface area contributed by atoms with Crippen molar-refractivity contribution in [2.24, 2.45) is 5.73 Å². The van der Waals surface area contributed by atoms with Crippen molar-refractivity contribution in [1.82, 2.24) is 20.2 Å². The predicted octanol–water partition coefficient (Wildman–Crippen LogP) is 3.40. The van der Waals surface area contributed by atoms with E-state index in [9.17, 15) is 4.79 Å². The summed E-state index contributed by atoms with van der Waals surface area (Å²) >= 11 is 0. The number of H-pyrrole nitrogens is 2. The maximum absolute atomic E-state index is 13.1. The Balaban J connectivity index is 1.58. The summed E-state index contributed by atoms with van der Waals surface area (Å²) in [5.41, 5.74) is 17.1. The lowest BCUT2D eigenvalue weighted by Gasteiger charge is -2.09.